The van der Waals surface area contributed by atoms with Crippen molar-refractivity contribution in [2.45, 2.75) is 18.9 Å². The topological polar surface area (TPSA) is 52.0 Å². The van der Waals surface area contributed by atoms with Crippen LogP contribution in [0.4, 0.5) is 0 Å². The lowest BCUT2D eigenvalue weighted by molar-refractivity contribution is 0.618. The molecule has 2 rings (SSSR count). The quantitative estimate of drug-likeness (QED) is 0.877. The molecule has 0 heterocycles. The molecular formula is C14H19ClN2. The predicted molar refractivity (Wildman–Crippen MR) is 76.4 cm³/mol. The van der Waals surface area contributed by atoms with Crippen LogP contribution in [0.15, 0.2) is 42.5 Å². The summed E-state index contributed by atoms with van der Waals surface area (Å²) in [6, 6.07) is 14.9. The van der Waals surface area contributed by atoms with Crippen molar-refractivity contribution in [2.24, 2.45) is 11.5 Å². The fourth-order valence-corrected chi connectivity index (χ4v) is 1.94. The summed E-state index contributed by atoms with van der Waals surface area (Å²) >= 11 is 0. The van der Waals surface area contributed by atoms with Gasteiger partial charge in [0.05, 0.1) is 0 Å². The summed E-state index contributed by atoms with van der Waals surface area (Å²) in [5, 5.41) is 2.51. The van der Waals surface area contributed by atoms with E-state index in [9.17, 15) is 0 Å². The van der Waals surface area contributed by atoms with Gasteiger partial charge in [-0.2, -0.15) is 0 Å². The van der Waals surface area contributed by atoms with E-state index in [2.05, 4.69) is 42.5 Å². The Balaban J connectivity index is 0.00000144. The highest BCUT2D eigenvalue weighted by Crippen LogP contribution is 2.21. The normalized spacial score (nSPS) is 12.1. The Bertz CT molecular complexity index is 470. The average Bonchev–Trinajstić information content (AvgIpc) is 2.35. The van der Waals surface area contributed by atoms with Crippen LogP contribution in [-0.4, -0.2) is 6.54 Å². The maximum Gasteiger partial charge on any atom is 0.0295 e. The Morgan fingerprint density at radius 3 is 2.41 bits per heavy atom. The third-order valence-electron chi connectivity index (χ3n) is 2.92. The van der Waals surface area contributed by atoms with Crippen molar-refractivity contribution >= 4 is 23.2 Å². The minimum atomic E-state index is 0. The maximum absolute atomic E-state index is 6.12. The van der Waals surface area contributed by atoms with Gasteiger partial charge >= 0.3 is 0 Å². The van der Waals surface area contributed by atoms with Gasteiger partial charge in [0, 0.05) is 6.04 Å². The van der Waals surface area contributed by atoms with Crippen LogP contribution in [0, 0.1) is 0 Å². The molecule has 0 aliphatic heterocycles. The molecule has 3 heteroatoms. The molecular weight excluding hydrogens is 232 g/mol. The second-order valence-corrected chi connectivity index (χ2v) is 4.14. The van der Waals surface area contributed by atoms with Gasteiger partial charge in [0.25, 0.3) is 0 Å². The first-order chi connectivity index (χ1) is 7.81. The van der Waals surface area contributed by atoms with Crippen LogP contribution in [0.25, 0.3) is 10.8 Å². The van der Waals surface area contributed by atoms with Crippen molar-refractivity contribution in [2.75, 3.05) is 6.54 Å². The molecule has 0 aromatic heterocycles. The largest absolute Gasteiger partial charge is 0.330 e. The summed E-state index contributed by atoms with van der Waals surface area (Å²) in [5.41, 5.74) is 12.8. The van der Waals surface area contributed by atoms with Crippen LogP contribution in [0.3, 0.4) is 0 Å². The van der Waals surface area contributed by atoms with Crippen LogP contribution in [0.2, 0.25) is 0 Å². The lowest BCUT2D eigenvalue weighted by Crippen LogP contribution is -2.12. The van der Waals surface area contributed by atoms with E-state index in [0.717, 1.165) is 12.8 Å². The smallest absolute Gasteiger partial charge is 0.0295 e. The summed E-state index contributed by atoms with van der Waals surface area (Å²) in [4.78, 5) is 0. The molecule has 1 atom stereocenters. The van der Waals surface area contributed by atoms with Crippen molar-refractivity contribution < 1.29 is 0 Å². The second kappa shape index (κ2) is 6.60. The second-order valence-electron chi connectivity index (χ2n) is 4.14. The Morgan fingerprint density at radius 1 is 1.00 bits per heavy atom. The Hall–Kier alpha value is -1.09. The molecule has 2 nitrogen and oxygen atoms in total. The molecule has 0 bridgehead atoms. The molecule has 0 saturated heterocycles. The first-order valence-corrected chi connectivity index (χ1v) is 5.75. The summed E-state index contributed by atoms with van der Waals surface area (Å²) in [5.74, 6) is 0. The molecule has 17 heavy (non-hydrogen) atoms. The number of rotatable bonds is 4. The van der Waals surface area contributed by atoms with E-state index in [1.165, 1.54) is 16.3 Å². The Kier molecular flexibility index (Phi) is 5.42. The van der Waals surface area contributed by atoms with Gasteiger partial charge < -0.3 is 11.5 Å². The fraction of sp³-hybridized carbons (Fsp3) is 0.286. The number of nitrogens with two attached hydrogens (primary N) is 2. The summed E-state index contributed by atoms with van der Waals surface area (Å²) in [7, 11) is 0. The van der Waals surface area contributed by atoms with E-state index < -0.39 is 0 Å². The van der Waals surface area contributed by atoms with Crippen molar-refractivity contribution in [3.63, 3.8) is 0 Å². The summed E-state index contributed by atoms with van der Waals surface area (Å²) in [6.07, 6.45) is 1.93. The van der Waals surface area contributed by atoms with Gasteiger partial charge in [0.15, 0.2) is 0 Å². The van der Waals surface area contributed by atoms with Crippen LogP contribution in [0.1, 0.15) is 24.4 Å². The maximum atomic E-state index is 6.12. The molecule has 2 aromatic rings. The molecule has 0 saturated carbocycles. The highest BCUT2D eigenvalue weighted by molar-refractivity contribution is 5.85. The van der Waals surface area contributed by atoms with Gasteiger partial charge in [-0.15, -0.1) is 12.4 Å². The zero-order chi connectivity index (χ0) is 11.4. The molecule has 4 N–H and O–H groups in total. The molecule has 92 valence electrons. The highest BCUT2D eigenvalue weighted by atomic mass is 35.5. The van der Waals surface area contributed by atoms with Crippen LogP contribution in [-0.2, 0) is 0 Å². The molecule has 0 spiro atoms. The number of hydrogen-bond acceptors (Lipinski definition) is 2. The molecule has 0 aliphatic carbocycles. The molecule has 0 amide bonds. The standard InChI is InChI=1S/C14H18N2.ClH/c15-9-3-6-14(16)13-8-7-11-4-1-2-5-12(11)10-13;/h1-2,4-5,7-8,10,14H,3,6,9,15-16H2;1H/t14-;/m0./s1. The van der Waals surface area contributed by atoms with Gasteiger partial charge in [-0.1, -0.05) is 36.4 Å². The molecule has 0 aliphatic rings. The number of benzene rings is 2. The third kappa shape index (κ3) is 3.43. The van der Waals surface area contributed by atoms with E-state index >= 15 is 0 Å². The fourth-order valence-electron chi connectivity index (χ4n) is 1.94. The first kappa shape index (κ1) is 14.0. The average molecular weight is 251 g/mol. The van der Waals surface area contributed by atoms with Crippen molar-refractivity contribution in [1.82, 2.24) is 0 Å². The predicted octanol–water partition coefficient (Wildman–Crippen LogP) is 3.00. The lowest BCUT2D eigenvalue weighted by atomic mass is 9.99. The number of fused-ring (bicyclic) bond motifs is 1. The number of halogens is 1. The van der Waals surface area contributed by atoms with E-state index in [-0.39, 0.29) is 18.4 Å². The monoisotopic (exact) mass is 250 g/mol. The SMILES string of the molecule is Cl.NCCC[C@H](N)c1ccc2ccccc2c1. The van der Waals surface area contributed by atoms with Crippen molar-refractivity contribution in [3.8, 4) is 0 Å². The molecule has 0 unspecified atom stereocenters. The van der Waals surface area contributed by atoms with E-state index in [0.29, 0.717) is 6.54 Å². The Morgan fingerprint density at radius 2 is 1.71 bits per heavy atom. The van der Waals surface area contributed by atoms with Crippen molar-refractivity contribution in [1.29, 1.82) is 0 Å². The van der Waals surface area contributed by atoms with E-state index in [4.69, 9.17) is 11.5 Å². The zero-order valence-electron chi connectivity index (χ0n) is 9.80. The zero-order valence-corrected chi connectivity index (χ0v) is 10.6. The number of hydrogen-bond donors (Lipinski definition) is 2. The molecule has 0 radical (unpaired) electrons. The van der Waals surface area contributed by atoms with Gasteiger partial charge in [0.1, 0.15) is 0 Å². The van der Waals surface area contributed by atoms with E-state index in [1.807, 2.05) is 0 Å². The molecule has 0 fully saturated rings. The van der Waals surface area contributed by atoms with Crippen LogP contribution >= 0.6 is 12.4 Å². The van der Waals surface area contributed by atoms with Gasteiger partial charge in [-0.25, -0.2) is 0 Å². The highest BCUT2D eigenvalue weighted by Gasteiger charge is 2.05. The van der Waals surface area contributed by atoms with Crippen LogP contribution in [0.5, 0.6) is 0 Å². The van der Waals surface area contributed by atoms with Gasteiger partial charge in [-0.05, 0) is 41.8 Å². The minimum Gasteiger partial charge on any atom is -0.330 e. The minimum absolute atomic E-state index is 0. The van der Waals surface area contributed by atoms with Crippen LogP contribution < -0.4 is 11.5 Å². The van der Waals surface area contributed by atoms with Crippen molar-refractivity contribution in [3.05, 3.63) is 48.0 Å². The van der Waals surface area contributed by atoms with E-state index in [1.54, 1.807) is 0 Å². The third-order valence-corrected chi connectivity index (χ3v) is 2.92. The summed E-state index contributed by atoms with van der Waals surface area (Å²) < 4.78 is 0. The van der Waals surface area contributed by atoms with Gasteiger partial charge in [-0.3, -0.25) is 0 Å². The summed E-state index contributed by atoms with van der Waals surface area (Å²) in [6.45, 7) is 0.710. The van der Waals surface area contributed by atoms with Gasteiger partial charge in [0.2, 0.25) is 0 Å². The Labute approximate surface area is 108 Å². The lowest BCUT2D eigenvalue weighted by Gasteiger charge is -2.12. The first-order valence-electron chi connectivity index (χ1n) is 5.75. The molecule has 2 aromatic carbocycles.